The molecule has 0 bridgehead atoms. The van der Waals surface area contributed by atoms with Crippen LogP contribution in [0.3, 0.4) is 0 Å². The van der Waals surface area contributed by atoms with Crippen molar-refractivity contribution in [2.45, 2.75) is 12.8 Å². The fourth-order valence-corrected chi connectivity index (χ4v) is 2.47. The van der Waals surface area contributed by atoms with Crippen molar-refractivity contribution in [2.24, 2.45) is 0 Å². The summed E-state index contributed by atoms with van der Waals surface area (Å²) in [5.41, 5.74) is 2.38. The average Bonchev–Trinajstić information content (AvgIpc) is 2.96. The highest BCUT2D eigenvalue weighted by molar-refractivity contribution is 5.98. The zero-order valence-corrected chi connectivity index (χ0v) is 12.3. The van der Waals surface area contributed by atoms with Crippen molar-refractivity contribution in [3.05, 3.63) is 71.7 Å². The Bertz CT molecular complexity index is 795. The van der Waals surface area contributed by atoms with E-state index in [4.69, 9.17) is 0 Å². The zero-order valence-electron chi connectivity index (χ0n) is 12.3. The fourth-order valence-electron chi connectivity index (χ4n) is 2.47. The van der Waals surface area contributed by atoms with Crippen molar-refractivity contribution >= 4 is 16.8 Å². The first-order chi connectivity index (χ1) is 10.6. The van der Waals surface area contributed by atoms with E-state index < -0.39 is 0 Å². The Balaban J connectivity index is 1.68. The van der Waals surface area contributed by atoms with Crippen LogP contribution in [0.4, 0.5) is 4.39 Å². The first-order valence-corrected chi connectivity index (χ1v) is 7.25. The Kier molecular flexibility index (Phi) is 3.92. The van der Waals surface area contributed by atoms with Gasteiger partial charge >= 0.3 is 0 Å². The zero-order chi connectivity index (χ0) is 15.5. The van der Waals surface area contributed by atoms with Gasteiger partial charge in [-0.2, -0.15) is 0 Å². The van der Waals surface area contributed by atoms with Gasteiger partial charge in [-0.3, -0.25) is 4.79 Å². The highest BCUT2D eigenvalue weighted by Crippen LogP contribution is 2.17. The lowest BCUT2D eigenvalue weighted by Crippen LogP contribution is -2.27. The number of amides is 1. The van der Waals surface area contributed by atoms with Gasteiger partial charge < -0.3 is 10.3 Å². The van der Waals surface area contributed by atoms with Crippen molar-refractivity contribution in [1.29, 1.82) is 0 Å². The minimum atomic E-state index is -0.309. The Morgan fingerprint density at radius 1 is 1.18 bits per heavy atom. The number of hydrogen-bond donors (Lipinski definition) is 2. The second-order valence-electron chi connectivity index (χ2n) is 5.44. The molecule has 4 heteroatoms. The van der Waals surface area contributed by atoms with Gasteiger partial charge in [0.15, 0.2) is 0 Å². The molecule has 0 saturated carbocycles. The normalized spacial score (nSPS) is 12.3. The topological polar surface area (TPSA) is 44.9 Å². The molecule has 0 fully saturated rings. The second kappa shape index (κ2) is 6.02. The first kappa shape index (κ1) is 14.3. The molecule has 0 radical (unpaired) electrons. The monoisotopic (exact) mass is 296 g/mol. The van der Waals surface area contributed by atoms with Gasteiger partial charge in [-0.15, -0.1) is 0 Å². The van der Waals surface area contributed by atoms with Gasteiger partial charge in [0.2, 0.25) is 0 Å². The maximum Gasteiger partial charge on any atom is 0.267 e. The number of benzene rings is 2. The third-order valence-electron chi connectivity index (χ3n) is 3.76. The van der Waals surface area contributed by atoms with E-state index in [1.807, 2.05) is 30.3 Å². The standard InChI is InChI=1S/C18H17FN2O/c1-12(13-5-3-2-4-6-13)11-20-18(22)17-10-14-9-15(19)7-8-16(14)21-17/h2-10,12,21H,11H2,1H3,(H,20,22)/t12-/m1/s1. The third kappa shape index (κ3) is 3.01. The Labute approximate surface area is 128 Å². The molecule has 22 heavy (non-hydrogen) atoms. The maximum atomic E-state index is 13.2. The Morgan fingerprint density at radius 3 is 2.73 bits per heavy atom. The number of hydrogen-bond acceptors (Lipinski definition) is 1. The van der Waals surface area contributed by atoms with Crippen molar-refractivity contribution in [2.75, 3.05) is 6.54 Å². The number of rotatable bonds is 4. The number of carbonyl (C=O) groups is 1. The summed E-state index contributed by atoms with van der Waals surface area (Å²) in [5, 5.41) is 3.60. The third-order valence-corrected chi connectivity index (χ3v) is 3.76. The van der Waals surface area contributed by atoms with Crippen LogP contribution in [-0.2, 0) is 0 Å². The van der Waals surface area contributed by atoms with Gasteiger partial charge in [0.1, 0.15) is 11.5 Å². The van der Waals surface area contributed by atoms with E-state index in [1.165, 1.54) is 17.7 Å². The SMILES string of the molecule is C[C@H](CNC(=O)c1cc2cc(F)ccc2[nH]1)c1ccccc1. The predicted molar refractivity (Wildman–Crippen MR) is 85.4 cm³/mol. The quantitative estimate of drug-likeness (QED) is 0.755. The number of carbonyl (C=O) groups excluding carboxylic acids is 1. The Hall–Kier alpha value is -2.62. The average molecular weight is 296 g/mol. The van der Waals surface area contributed by atoms with Gasteiger partial charge in [-0.05, 0) is 35.7 Å². The van der Waals surface area contributed by atoms with Crippen molar-refractivity contribution in [1.82, 2.24) is 10.3 Å². The maximum absolute atomic E-state index is 13.2. The van der Waals surface area contributed by atoms with E-state index in [1.54, 1.807) is 12.1 Å². The minimum absolute atomic E-state index is 0.181. The van der Waals surface area contributed by atoms with Crippen LogP contribution in [0.5, 0.6) is 0 Å². The molecule has 1 amide bonds. The molecular formula is C18H17FN2O. The molecule has 2 N–H and O–H groups in total. The molecule has 0 aliphatic carbocycles. The summed E-state index contributed by atoms with van der Waals surface area (Å²) >= 11 is 0. The number of aromatic amines is 1. The lowest BCUT2D eigenvalue weighted by molar-refractivity contribution is 0.0947. The van der Waals surface area contributed by atoms with Crippen molar-refractivity contribution in [3.8, 4) is 0 Å². The number of nitrogens with one attached hydrogen (secondary N) is 2. The van der Waals surface area contributed by atoms with Crippen molar-refractivity contribution in [3.63, 3.8) is 0 Å². The molecule has 1 heterocycles. The van der Waals surface area contributed by atoms with Gasteiger partial charge in [0.25, 0.3) is 5.91 Å². The van der Waals surface area contributed by atoms with E-state index in [0.29, 0.717) is 17.6 Å². The van der Waals surface area contributed by atoms with Crippen LogP contribution in [0.15, 0.2) is 54.6 Å². The lowest BCUT2D eigenvalue weighted by atomic mass is 10.0. The van der Waals surface area contributed by atoms with Crippen LogP contribution < -0.4 is 5.32 Å². The van der Waals surface area contributed by atoms with Crippen molar-refractivity contribution < 1.29 is 9.18 Å². The predicted octanol–water partition coefficient (Wildman–Crippen LogP) is 3.84. The molecule has 3 aromatic rings. The van der Waals surface area contributed by atoms with Gasteiger partial charge in [0, 0.05) is 17.4 Å². The van der Waals surface area contributed by atoms with Crippen LogP contribution in [-0.4, -0.2) is 17.4 Å². The first-order valence-electron chi connectivity index (χ1n) is 7.25. The van der Waals surface area contributed by atoms with E-state index >= 15 is 0 Å². The van der Waals surface area contributed by atoms with Gasteiger partial charge in [0.05, 0.1) is 0 Å². The molecule has 1 aromatic heterocycles. The van der Waals surface area contributed by atoms with Gasteiger partial charge in [-0.1, -0.05) is 37.3 Å². The highest BCUT2D eigenvalue weighted by atomic mass is 19.1. The summed E-state index contributed by atoms with van der Waals surface area (Å²) in [7, 11) is 0. The fraction of sp³-hybridized carbons (Fsp3) is 0.167. The number of fused-ring (bicyclic) bond motifs is 1. The van der Waals surface area contributed by atoms with Crippen LogP contribution in [0.2, 0.25) is 0 Å². The summed E-state index contributed by atoms with van der Waals surface area (Å²) in [6.45, 7) is 2.61. The largest absolute Gasteiger partial charge is 0.351 e. The molecule has 3 rings (SSSR count). The molecular weight excluding hydrogens is 279 g/mol. The lowest BCUT2D eigenvalue weighted by Gasteiger charge is -2.12. The highest BCUT2D eigenvalue weighted by Gasteiger charge is 2.12. The van der Waals surface area contributed by atoms with E-state index in [0.717, 1.165) is 5.52 Å². The summed E-state index contributed by atoms with van der Waals surface area (Å²) in [6.07, 6.45) is 0. The smallest absolute Gasteiger partial charge is 0.267 e. The number of aromatic nitrogens is 1. The van der Waals surface area contributed by atoms with E-state index in [-0.39, 0.29) is 17.6 Å². The summed E-state index contributed by atoms with van der Waals surface area (Å²) in [5.74, 6) is -0.262. The summed E-state index contributed by atoms with van der Waals surface area (Å²) in [6, 6.07) is 16.1. The Morgan fingerprint density at radius 2 is 1.95 bits per heavy atom. The number of halogens is 1. The molecule has 0 aliphatic heterocycles. The van der Waals surface area contributed by atoms with E-state index in [2.05, 4.69) is 17.2 Å². The molecule has 3 nitrogen and oxygen atoms in total. The number of H-pyrrole nitrogens is 1. The van der Waals surface area contributed by atoms with E-state index in [9.17, 15) is 9.18 Å². The van der Waals surface area contributed by atoms with Crippen LogP contribution >= 0.6 is 0 Å². The second-order valence-corrected chi connectivity index (χ2v) is 5.44. The molecule has 0 saturated heterocycles. The van der Waals surface area contributed by atoms with Crippen LogP contribution in [0, 0.1) is 5.82 Å². The molecule has 112 valence electrons. The molecule has 2 aromatic carbocycles. The molecule has 0 spiro atoms. The minimum Gasteiger partial charge on any atom is -0.351 e. The molecule has 0 unspecified atom stereocenters. The molecule has 1 atom stereocenters. The molecule has 0 aliphatic rings. The summed E-state index contributed by atoms with van der Waals surface area (Å²) < 4.78 is 13.2. The van der Waals surface area contributed by atoms with Crippen LogP contribution in [0.1, 0.15) is 28.9 Å². The van der Waals surface area contributed by atoms with Crippen LogP contribution in [0.25, 0.3) is 10.9 Å². The van der Waals surface area contributed by atoms with Gasteiger partial charge in [-0.25, -0.2) is 4.39 Å². The summed E-state index contributed by atoms with van der Waals surface area (Å²) in [4.78, 5) is 15.2.